The SMILES string of the molecule is CC(O)(O)C(N)CN.[H-].[H-].[Na+].[Na+]. The van der Waals surface area contributed by atoms with E-state index in [4.69, 9.17) is 21.7 Å². The Labute approximate surface area is 108 Å². The molecule has 0 amide bonds. The predicted octanol–water partition coefficient (Wildman–Crippen LogP) is -7.79. The normalized spacial score (nSPS) is 12.9. The minimum absolute atomic E-state index is 0. The van der Waals surface area contributed by atoms with E-state index < -0.39 is 11.8 Å². The molecule has 0 rings (SSSR count). The number of aliphatic hydroxyl groups is 2. The van der Waals surface area contributed by atoms with Gasteiger partial charge in [-0.3, -0.25) is 0 Å². The second-order valence-corrected chi connectivity index (χ2v) is 1.94. The first-order valence-electron chi connectivity index (χ1n) is 2.39. The summed E-state index contributed by atoms with van der Waals surface area (Å²) in [6.45, 7) is 1.27. The molecule has 0 radical (unpaired) electrons. The Morgan fingerprint density at radius 2 is 1.80 bits per heavy atom. The molecule has 1 unspecified atom stereocenters. The topological polar surface area (TPSA) is 92.5 Å². The van der Waals surface area contributed by atoms with Gasteiger partial charge < -0.3 is 24.5 Å². The van der Waals surface area contributed by atoms with Crippen LogP contribution in [0.1, 0.15) is 9.78 Å². The van der Waals surface area contributed by atoms with Crippen molar-refractivity contribution in [3.63, 3.8) is 0 Å². The molecular formula is C4H14N2Na2O2. The van der Waals surface area contributed by atoms with E-state index in [9.17, 15) is 0 Å². The molecule has 0 aromatic rings. The molecule has 0 aromatic carbocycles. The van der Waals surface area contributed by atoms with Gasteiger partial charge in [-0.25, -0.2) is 0 Å². The van der Waals surface area contributed by atoms with Crippen LogP contribution < -0.4 is 70.6 Å². The summed E-state index contributed by atoms with van der Waals surface area (Å²) in [6.07, 6.45) is 0. The minimum atomic E-state index is -1.84. The molecule has 0 aliphatic heterocycles. The van der Waals surface area contributed by atoms with Crippen LogP contribution in [0.4, 0.5) is 0 Å². The summed E-state index contributed by atoms with van der Waals surface area (Å²) in [7, 11) is 0. The zero-order valence-corrected chi connectivity index (χ0v) is 10.8. The fourth-order valence-corrected chi connectivity index (χ4v) is 0.223. The van der Waals surface area contributed by atoms with Crippen molar-refractivity contribution in [2.75, 3.05) is 6.54 Å². The van der Waals surface area contributed by atoms with E-state index in [1.54, 1.807) is 0 Å². The predicted molar refractivity (Wildman–Crippen MR) is 32.1 cm³/mol. The first-order valence-corrected chi connectivity index (χ1v) is 2.39. The van der Waals surface area contributed by atoms with E-state index >= 15 is 0 Å². The van der Waals surface area contributed by atoms with Crippen molar-refractivity contribution in [1.82, 2.24) is 0 Å². The van der Waals surface area contributed by atoms with E-state index in [2.05, 4.69) is 0 Å². The quantitative estimate of drug-likeness (QED) is 0.243. The van der Waals surface area contributed by atoms with Crippen molar-refractivity contribution in [3.8, 4) is 0 Å². The van der Waals surface area contributed by atoms with Crippen LogP contribution in [0.15, 0.2) is 0 Å². The van der Waals surface area contributed by atoms with Crippen LogP contribution in [0.2, 0.25) is 0 Å². The Hall–Kier alpha value is 1.84. The van der Waals surface area contributed by atoms with Gasteiger partial charge in [0, 0.05) is 6.54 Å². The number of nitrogens with two attached hydrogens (primary N) is 2. The number of hydrogen-bond acceptors (Lipinski definition) is 4. The zero-order valence-electron chi connectivity index (χ0n) is 8.83. The standard InChI is InChI=1S/C4H12N2O2.2Na.2H/c1-4(7,8)3(6)2-5;;;;/h3,7-8H,2,5-6H2,1H3;;;;/q;2*+1;2*-1. The van der Waals surface area contributed by atoms with Crippen molar-refractivity contribution in [2.24, 2.45) is 11.5 Å². The Balaban J connectivity index is -0.0000000408. The molecule has 0 spiro atoms. The average molecular weight is 168 g/mol. The van der Waals surface area contributed by atoms with E-state index in [1.165, 1.54) is 6.92 Å². The van der Waals surface area contributed by atoms with E-state index in [-0.39, 0.29) is 68.5 Å². The van der Waals surface area contributed by atoms with Crippen LogP contribution in [-0.2, 0) is 0 Å². The summed E-state index contributed by atoms with van der Waals surface area (Å²) in [5.41, 5.74) is 10.1. The van der Waals surface area contributed by atoms with Crippen molar-refractivity contribution in [3.05, 3.63) is 0 Å². The summed E-state index contributed by atoms with van der Waals surface area (Å²) in [5.74, 6) is -1.84. The summed E-state index contributed by atoms with van der Waals surface area (Å²) < 4.78 is 0. The van der Waals surface area contributed by atoms with E-state index in [0.717, 1.165) is 0 Å². The van der Waals surface area contributed by atoms with Gasteiger partial charge in [-0.15, -0.1) is 0 Å². The fourth-order valence-electron chi connectivity index (χ4n) is 0.223. The van der Waals surface area contributed by atoms with Gasteiger partial charge in [0.1, 0.15) is 0 Å². The largest absolute Gasteiger partial charge is 1.00 e. The van der Waals surface area contributed by atoms with E-state index in [1.807, 2.05) is 0 Å². The Bertz CT molecular complexity index is 83.9. The van der Waals surface area contributed by atoms with Gasteiger partial charge in [-0.1, -0.05) is 0 Å². The molecule has 4 nitrogen and oxygen atoms in total. The first-order chi connectivity index (χ1) is 3.48. The third-order valence-corrected chi connectivity index (χ3v) is 0.956. The number of rotatable bonds is 2. The van der Waals surface area contributed by atoms with Crippen LogP contribution in [0.25, 0.3) is 0 Å². The van der Waals surface area contributed by atoms with Crippen LogP contribution >= 0.6 is 0 Å². The molecule has 54 valence electrons. The molecule has 0 fully saturated rings. The molecule has 0 bridgehead atoms. The average Bonchev–Trinajstić information content (AvgIpc) is 1.62. The zero-order chi connectivity index (χ0) is 6.78. The van der Waals surface area contributed by atoms with Gasteiger partial charge in [0.05, 0.1) is 6.04 Å². The second kappa shape index (κ2) is 7.49. The van der Waals surface area contributed by atoms with Gasteiger partial charge in [-0.2, -0.15) is 0 Å². The van der Waals surface area contributed by atoms with Gasteiger partial charge >= 0.3 is 59.1 Å². The van der Waals surface area contributed by atoms with Crippen LogP contribution in [0, 0.1) is 0 Å². The molecule has 0 saturated heterocycles. The molecule has 0 heterocycles. The number of hydrogen-bond donors (Lipinski definition) is 4. The maximum Gasteiger partial charge on any atom is 1.00 e. The maximum absolute atomic E-state index is 8.64. The molecule has 0 aliphatic rings. The van der Waals surface area contributed by atoms with Gasteiger partial charge in [0.15, 0.2) is 5.79 Å². The summed E-state index contributed by atoms with van der Waals surface area (Å²) >= 11 is 0. The first kappa shape index (κ1) is 17.8. The Morgan fingerprint density at radius 1 is 1.50 bits per heavy atom. The summed E-state index contributed by atoms with van der Waals surface area (Å²) in [4.78, 5) is 0. The van der Waals surface area contributed by atoms with Crippen LogP contribution in [-0.4, -0.2) is 28.6 Å². The van der Waals surface area contributed by atoms with Crippen molar-refractivity contribution in [2.45, 2.75) is 18.8 Å². The summed E-state index contributed by atoms with van der Waals surface area (Å²) in [5, 5.41) is 17.3. The van der Waals surface area contributed by atoms with Gasteiger partial charge in [0.2, 0.25) is 0 Å². The Kier molecular flexibility index (Phi) is 13.3. The van der Waals surface area contributed by atoms with Crippen LogP contribution in [0.3, 0.4) is 0 Å². The van der Waals surface area contributed by atoms with Crippen molar-refractivity contribution < 1.29 is 72.2 Å². The molecule has 0 saturated carbocycles. The third kappa shape index (κ3) is 7.94. The molecule has 10 heavy (non-hydrogen) atoms. The van der Waals surface area contributed by atoms with Crippen molar-refractivity contribution in [1.29, 1.82) is 0 Å². The third-order valence-electron chi connectivity index (χ3n) is 0.956. The molecule has 6 heteroatoms. The maximum atomic E-state index is 8.64. The van der Waals surface area contributed by atoms with Crippen LogP contribution in [0.5, 0.6) is 0 Å². The van der Waals surface area contributed by atoms with E-state index in [0.29, 0.717) is 0 Å². The Morgan fingerprint density at radius 3 is 1.80 bits per heavy atom. The molecule has 0 aliphatic carbocycles. The smallest absolute Gasteiger partial charge is 1.00 e. The van der Waals surface area contributed by atoms with Gasteiger partial charge in [0.25, 0.3) is 0 Å². The summed E-state index contributed by atoms with van der Waals surface area (Å²) in [6, 6.07) is -0.762. The second-order valence-electron chi connectivity index (χ2n) is 1.94. The van der Waals surface area contributed by atoms with Crippen molar-refractivity contribution >= 4 is 0 Å². The monoisotopic (exact) mass is 168 g/mol. The van der Waals surface area contributed by atoms with Gasteiger partial charge in [-0.05, 0) is 6.92 Å². The molecular weight excluding hydrogens is 154 g/mol. The molecule has 0 aromatic heterocycles. The molecule has 1 atom stereocenters. The minimum Gasteiger partial charge on any atom is -1.00 e. The fraction of sp³-hybridized carbons (Fsp3) is 1.00. The molecule has 6 N–H and O–H groups in total.